The summed E-state index contributed by atoms with van der Waals surface area (Å²) in [7, 11) is 0. The minimum Gasteiger partial charge on any atom is -0.310 e. The van der Waals surface area contributed by atoms with E-state index >= 15 is 0 Å². The van der Waals surface area contributed by atoms with Crippen LogP contribution in [0.1, 0.15) is 16.7 Å². The van der Waals surface area contributed by atoms with Crippen LogP contribution < -0.4 is 4.90 Å². The Labute approximate surface area is 147 Å². The average Bonchev–Trinajstić information content (AvgIpc) is 2.59. The fourth-order valence-corrected chi connectivity index (χ4v) is 2.87. The Balaban J connectivity index is 2.16. The molecule has 0 bridgehead atoms. The third kappa shape index (κ3) is 3.38. The first kappa shape index (κ1) is 16.7. The van der Waals surface area contributed by atoms with Crippen molar-refractivity contribution in [3.05, 3.63) is 93.5 Å². The molecule has 3 rings (SSSR count). The lowest BCUT2D eigenvalue weighted by molar-refractivity contribution is -0.385. The van der Waals surface area contributed by atoms with Crippen molar-refractivity contribution in [2.24, 2.45) is 0 Å². The zero-order valence-electron chi connectivity index (χ0n) is 14.6. The van der Waals surface area contributed by atoms with Gasteiger partial charge in [-0.15, -0.1) is 0 Å². The molecule has 0 spiro atoms. The Hall–Kier alpha value is -3.14. The predicted molar refractivity (Wildman–Crippen MR) is 102 cm³/mol. The molecule has 0 unspecified atom stereocenters. The summed E-state index contributed by atoms with van der Waals surface area (Å²) in [5.41, 5.74) is 6.16. The van der Waals surface area contributed by atoms with Gasteiger partial charge in [0.15, 0.2) is 0 Å². The molecular formula is C21H20N2O2. The smallest absolute Gasteiger partial charge is 0.272 e. The molecule has 126 valence electrons. The molecule has 0 aromatic heterocycles. The predicted octanol–water partition coefficient (Wildman–Crippen LogP) is 5.99. The summed E-state index contributed by atoms with van der Waals surface area (Å²) in [6.07, 6.45) is 0. The summed E-state index contributed by atoms with van der Waals surface area (Å²) in [4.78, 5) is 12.9. The molecule has 0 radical (unpaired) electrons. The first-order valence-electron chi connectivity index (χ1n) is 8.15. The van der Waals surface area contributed by atoms with Gasteiger partial charge in [0.05, 0.1) is 4.92 Å². The second-order valence-corrected chi connectivity index (χ2v) is 6.17. The topological polar surface area (TPSA) is 46.4 Å². The summed E-state index contributed by atoms with van der Waals surface area (Å²) in [6.45, 7) is 5.94. The van der Waals surface area contributed by atoms with Gasteiger partial charge in [0.1, 0.15) is 0 Å². The molecular weight excluding hydrogens is 312 g/mol. The van der Waals surface area contributed by atoms with Crippen molar-refractivity contribution in [3.63, 3.8) is 0 Å². The van der Waals surface area contributed by atoms with Gasteiger partial charge in [-0.3, -0.25) is 10.1 Å². The first-order chi connectivity index (χ1) is 12.0. The van der Waals surface area contributed by atoms with E-state index in [4.69, 9.17) is 0 Å². The molecule has 0 saturated heterocycles. The third-order valence-corrected chi connectivity index (χ3v) is 4.40. The molecule has 0 saturated carbocycles. The van der Waals surface area contributed by atoms with E-state index in [1.54, 1.807) is 19.1 Å². The molecule has 0 aliphatic rings. The van der Waals surface area contributed by atoms with Gasteiger partial charge in [0, 0.05) is 28.7 Å². The Morgan fingerprint density at radius 3 is 1.88 bits per heavy atom. The lowest BCUT2D eigenvalue weighted by atomic mass is 10.1. The van der Waals surface area contributed by atoms with Crippen LogP contribution in [-0.4, -0.2) is 4.92 Å². The van der Waals surface area contributed by atoms with Gasteiger partial charge < -0.3 is 4.90 Å². The number of aryl methyl sites for hydroxylation is 3. The standard InChI is InChI=1S/C21H20N2O2/c1-15-9-10-19(13-16(15)2)22(18-7-5-4-6-8-18)20-11-12-21(23(24)25)17(3)14-20/h4-14H,1-3H3. The molecule has 4 heteroatoms. The molecule has 0 atom stereocenters. The van der Waals surface area contributed by atoms with Gasteiger partial charge in [-0.25, -0.2) is 0 Å². The second kappa shape index (κ2) is 6.77. The third-order valence-electron chi connectivity index (χ3n) is 4.40. The number of benzene rings is 3. The van der Waals surface area contributed by atoms with E-state index < -0.39 is 0 Å². The Morgan fingerprint density at radius 1 is 0.720 bits per heavy atom. The molecule has 0 fully saturated rings. The molecule has 0 aliphatic carbocycles. The van der Waals surface area contributed by atoms with Crippen LogP contribution in [0, 0.1) is 30.9 Å². The summed E-state index contributed by atoms with van der Waals surface area (Å²) >= 11 is 0. The number of hydrogen-bond acceptors (Lipinski definition) is 3. The van der Waals surface area contributed by atoms with Gasteiger partial charge in [-0.2, -0.15) is 0 Å². The number of nitrogens with zero attached hydrogens (tertiary/aromatic N) is 2. The summed E-state index contributed by atoms with van der Waals surface area (Å²) in [5.74, 6) is 0. The average molecular weight is 332 g/mol. The van der Waals surface area contributed by atoms with Crippen molar-refractivity contribution in [1.82, 2.24) is 0 Å². The molecule has 0 N–H and O–H groups in total. The van der Waals surface area contributed by atoms with Crippen LogP contribution in [0.4, 0.5) is 22.7 Å². The van der Waals surface area contributed by atoms with Gasteiger partial charge >= 0.3 is 0 Å². The fourth-order valence-electron chi connectivity index (χ4n) is 2.87. The maximum absolute atomic E-state index is 11.1. The van der Waals surface area contributed by atoms with Crippen LogP contribution in [0.5, 0.6) is 0 Å². The maximum Gasteiger partial charge on any atom is 0.272 e. The monoisotopic (exact) mass is 332 g/mol. The van der Waals surface area contributed by atoms with Crippen molar-refractivity contribution < 1.29 is 4.92 Å². The summed E-state index contributed by atoms with van der Waals surface area (Å²) in [6, 6.07) is 21.6. The van der Waals surface area contributed by atoms with E-state index in [1.807, 2.05) is 36.4 Å². The quantitative estimate of drug-likeness (QED) is 0.435. The second-order valence-electron chi connectivity index (χ2n) is 6.17. The first-order valence-corrected chi connectivity index (χ1v) is 8.15. The Morgan fingerprint density at radius 2 is 1.32 bits per heavy atom. The highest BCUT2D eigenvalue weighted by atomic mass is 16.6. The number of hydrogen-bond donors (Lipinski definition) is 0. The Kier molecular flexibility index (Phi) is 4.52. The molecule has 0 heterocycles. The minimum absolute atomic E-state index is 0.136. The van der Waals surface area contributed by atoms with Crippen LogP contribution in [0.15, 0.2) is 66.7 Å². The van der Waals surface area contributed by atoms with E-state index in [0.29, 0.717) is 5.56 Å². The van der Waals surface area contributed by atoms with Crippen molar-refractivity contribution in [2.45, 2.75) is 20.8 Å². The molecule has 3 aromatic carbocycles. The largest absolute Gasteiger partial charge is 0.310 e. The lowest BCUT2D eigenvalue weighted by Gasteiger charge is -2.26. The normalized spacial score (nSPS) is 10.5. The van der Waals surface area contributed by atoms with E-state index in [2.05, 4.69) is 36.9 Å². The SMILES string of the molecule is Cc1ccc(N(c2ccccc2)c2ccc([N+](=O)[O-])c(C)c2)cc1C. The van der Waals surface area contributed by atoms with E-state index in [-0.39, 0.29) is 10.6 Å². The van der Waals surface area contributed by atoms with E-state index in [0.717, 1.165) is 17.1 Å². The molecule has 25 heavy (non-hydrogen) atoms. The zero-order chi connectivity index (χ0) is 18.0. The number of nitro benzene ring substituents is 1. The fraction of sp³-hybridized carbons (Fsp3) is 0.143. The lowest BCUT2D eigenvalue weighted by Crippen LogP contribution is -2.10. The number of rotatable bonds is 4. The Bertz CT molecular complexity index is 920. The van der Waals surface area contributed by atoms with Crippen LogP contribution in [0.3, 0.4) is 0 Å². The molecule has 4 nitrogen and oxygen atoms in total. The highest BCUT2D eigenvalue weighted by molar-refractivity contribution is 5.78. The van der Waals surface area contributed by atoms with Gasteiger partial charge in [0.25, 0.3) is 5.69 Å². The van der Waals surface area contributed by atoms with Gasteiger partial charge in [-0.05, 0) is 68.3 Å². The summed E-state index contributed by atoms with van der Waals surface area (Å²) < 4.78 is 0. The molecule has 0 amide bonds. The highest BCUT2D eigenvalue weighted by Gasteiger charge is 2.16. The van der Waals surface area contributed by atoms with Crippen LogP contribution in [0.2, 0.25) is 0 Å². The van der Waals surface area contributed by atoms with Gasteiger partial charge in [0.2, 0.25) is 0 Å². The number of nitro groups is 1. The van der Waals surface area contributed by atoms with Crippen LogP contribution >= 0.6 is 0 Å². The number of para-hydroxylation sites is 1. The van der Waals surface area contributed by atoms with Crippen LogP contribution in [-0.2, 0) is 0 Å². The van der Waals surface area contributed by atoms with Gasteiger partial charge in [-0.1, -0.05) is 24.3 Å². The molecule has 0 aliphatic heterocycles. The minimum atomic E-state index is -0.345. The van der Waals surface area contributed by atoms with E-state index in [1.165, 1.54) is 11.1 Å². The maximum atomic E-state index is 11.1. The highest BCUT2D eigenvalue weighted by Crippen LogP contribution is 2.36. The van der Waals surface area contributed by atoms with Crippen molar-refractivity contribution >= 4 is 22.7 Å². The zero-order valence-corrected chi connectivity index (χ0v) is 14.6. The van der Waals surface area contributed by atoms with Crippen molar-refractivity contribution in [2.75, 3.05) is 4.90 Å². The van der Waals surface area contributed by atoms with Crippen molar-refractivity contribution in [1.29, 1.82) is 0 Å². The van der Waals surface area contributed by atoms with Crippen molar-refractivity contribution in [3.8, 4) is 0 Å². The number of anilines is 3. The van der Waals surface area contributed by atoms with E-state index in [9.17, 15) is 10.1 Å². The van der Waals surface area contributed by atoms with Crippen LogP contribution in [0.25, 0.3) is 0 Å². The molecule has 3 aromatic rings. The summed E-state index contributed by atoms with van der Waals surface area (Å²) in [5, 5.41) is 11.1.